The molecular weight excluding hydrogens is 344 g/mol. The van der Waals surface area contributed by atoms with Gasteiger partial charge in [0.2, 0.25) is 11.1 Å². The van der Waals surface area contributed by atoms with Gasteiger partial charge < -0.3 is 4.90 Å². The van der Waals surface area contributed by atoms with E-state index < -0.39 is 0 Å². The number of hydrogen-bond donors (Lipinski definition) is 1. The number of piperazine rings is 1. The van der Waals surface area contributed by atoms with Gasteiger partial charge in [-0.15, -0.1) is 16.4 Å². The van der Waals surface area contributed by atoms with Crippen LogP contribution in [0.1, 0.15) is 23.4 Å². The lowest BCUT2D eigenvalue weighted by molar-refractivity contribution is -0.130. The molecule has 3 rings (SSSR count). The van der Waals surface area contributed by atoms with Crippen LogP contribution in [0.3, 0.4) is 0 Å². The smallest absolute Gasteiger partial charge is 0.233 e. The Balaban J connectivity index is 1.41. The van der Waals surface area contributed by atoms with Gasteiger partial charge in [-0.2, -0.15) is 0 Å². The molecule has 1 amide bonds. The Kier molecular flexibility index (Phi) is 5.85. The van der Waals surface area contributed by atoms with Gasteiger partial charge in [0.15, 0.2) is 0 Å². The van der Waals surface area contributed by atoms with Crippen LogP contribution in [0.4, 0.5) is 0 Å². The number of nitrogens with one attached hydrogen (secondary N) is 1. The molecule has 0 unspecified atom stereocenters. The van der Waals surface area contributed by atoms with Crippen molar-refractivity contribution >= 4 is 29.0 Å². The number of thiazole rings is 1. The number of carbonyl (C=O) groups excluding carboxylic acids is 1. The first kappa shape index (κ1) is 17.4. The Hall–Kier alpha value is -1.45. The number of aromatic nitrogens is 4. The lowest BCUT2D eigenvalue weighted by Crippen LogP contribution is -2.48. The third kappa shape index (κ3) is 4.55. The average Bonchev–Trinajstić information content (AvgIpc) is 3.22. The molecule has 0 aliphatic carbocycles. The number of thioether (sulfide) groups is 1. The molecule has 2 aromatic heterocycles. The van der Waals surface area contributed by atoms with Gasteiger partial charge in [-0.1, -0.05) is 18.7 Å². The second-order valence-corrected chi connectivity index (χ2v) is 7.73. The van der Waals surface area contributed by atoms with E-state index in [2.05, 4.69) is 30.4 Å². The van der Waals surface area contributed by atoms with Crippen LogP contribution < -0.4 is 0 Å². The maximum atomic E-state index is 12.3. The molecule has 0 bridgehead atoms. The van der Waals surface area contributed by atoms with Gasteiger partial charge in [0.1, 0.15) is 5.82 Å². The van der Waals surface area contributed by atoms with Gasteiger partial charge in [-0.05, 0) is 6.92 Å². The van der Waals surface area contributed by atoms with E-state index in [1.165, 1.54) is 11.8 Å². The van der Waals surface area contributed by atoms with E-state index in [9.17, 15) is 4.79 Å². The van der Waals surface area contributed by atoms with E-state index in [-0.39, 0.29) is 5.91 Å². The van der Waals surface area contributed by atoms with Crippen molar-refractivity contribution in [2.75, 3.05) is 31.9 Å². The van der Waals surface area contributed by atoms with Crippen molar-refractivity contribution in [3.8, 4) is 0 Å². The van der Waals surface area contributed by atoms with Crippen LogP contribution in [0, 0.1) is 6.92 Å². The van der Waals surface area contributed by atoms with Gasteiger partial charge in [0.05, 0.1) is 16.5 Å². The topological polar surface area (TPSA) is 78.0 Å². The van der Waals surface area contributed by atoms with Crippen molar-refractivity contribution in [2.24, 2.45) is 0 Å². The summed E-state index contributed by atoms with van der Waals surface area (Å²) in [5, 5.41) is 10.8. The Morgan fingerprint density at radius 2 is 2.12 bits per heavy atom. The minimum absolute atomic E-state index is 0.159. The van der Waals surface area contributed by atoms with Gasteiger partial charge in [-0.3, -0.25) is 14.8 Å². The SMILES string of the molecule is CCc1nc(SCC(=O)N2CCN(Cc3csc(C)n3)CC2)n[nH]1. The molecule has 3 heterocycles. The number of amides is 1. The molecular formula is C15H22N6OS2. The molecule has 1 N–H and O–H groups in total. The zero-order valence-corrected chi connectivity index (χ0v) is 15.6. The normalized spacial score (nSPS) is 15.8. The fraction of sp³-hybridized carbons (Fsp3) is 0.600. The fourth-order valence-electron chi connectivity index (χ4n) is 2.58. The highest BCUT2D eigenvalue weighted by atomic mass is 32.2. The predicted octanol–water partition coefficient (Wildman–Crippen LogP) is 1.57. The summed E-state index contributed by atoms with van der Waals surface area (Å²) in [5.74, 6) is 1.41. The highest BCUT2D eigenvalue weighted by molar-refractivity contribution is 7.99. The van der Waals surface area contributed by atoms with E-state index in [1.807, 2.05) is 18.7 Å². The molecule has 1 saturated heterocycles. The van der Waals surface area contributed by atoms with E-state index in [0.29, 0.717) is 10.9 Å². The van der Waals surface area contributed by atoms with Crippen LogP contribution in [-0.2, 0) is 17.8 Å². The van der Waals surface area contributed by atoms with Gasteiger partial charge in [0, 0.05) is 44.5 Å². The maximum Gasteiger partial charge on any atom is 0.233 e. The maximum absolute atomic E-state index is 12.3. The Labute approximate surface area is 149 Å². The largest absolute Gasteiger partial charge is 0.339 e. The summed E-state index contributed by atoms with van der Waals surface area (Å²) in [7, 11) is 0. The highest BCUT2D eigenvalue weighted by Crippen LogP contribution is 2.15. The molecule has 0 radical (unpaired) electrons. The number of H-pyrrole nitrogens is 1. The van der Waals surface area contributed by atoms with E-state index in [0.717, 1.165) is 55.7 Å². The van der Waals surface area contributed by atoms with Crippen molar-refractivity contribution in [3.05, 3.63) is 21.9 Å². The second kappa shape index (κ2) is 8.09. The number of nitrogens with zero attached hydrogens (tertiary/aromatic N) is 5. The molecule has 1 fully saturated rings. The van der Waals surface area contributed by atoms with Crippen molar-refractivity contribution in [2.45, 2.75) is 32.0 Å². The van der Waals surface area contributed by atoms with Crippen LogP contribution >= 0.6 is 23.1 Å². The molecule has 1 aliphatic rings. The number of hydrogen-bond acceptors (Lipinski definition) is 7. The van der Waals surface area contributed by atoms with Crippen molar-refractivity contribution in [1.82, 2.24) is 30.0 Å². The number of rotatable bonds is 6. The Bertz CT molecular complexity index is 677. The van der Waals surface area contributed by atoms with Crippen LogP contribution in [-0.4, -0.2) is 67.8 Å². The third-order valence-electron chi connectivity index (χ3n) is 3.95. The summed E-state index contributed by atoms with van der Waals surface area (Å²) in [6.07, 6.45) is 0.821. The summed E-state index contributed by atoms with van der Waals surface area (Å²) >= 11 is 3.08. The van der Waals surface area contributed by atoms with Gasteiger partial charge in [0.25, 0.3) is 0 Å². The molecule has 0 saturated carbocycles. The van der Waals surface area contributed by atoms with E-state index in [4.69, 9.17) is 0 Å². The first-order valence-corrected chi connectivity index (χ1v) is 9.95. The highest BCUT2D eigenvalue weighted by Gasteiger charge is 2.22. The first-order chi connectivity index (χ1) is 11.6. The average molecular weight is 367 g/mol. The molecule has 0 atom stereocenters. The molecule has 24 heavy (non-hydrogen) atoms. The molecule has 0 spiro atoms. The summed E-state index contributed by atoms with van der Waals surface area (Å²) < 4.78 is 0. The summed E-state index contributed by atoms with van der Waals surface area (Å²) in [4.78, 5) is 25.4. The van der Waals surface area contributed by atoms with Crippen molar-refractivity contribution < 1.29 is 4.79 Å². The van der Waals surface area contributed by atoms with E-state index in [1.54, 1.807) is 11.3 Å². The van der Waals surface area contributed by atoms with Gasteiger partial charge in [-0.25, -0.2) is 9.97 Å². The van der Waals surface area contributed by atoms with Crippen LogP contribution in [0.25, 0.3) is 0 Å². The van der Waals surface area contributed by atoms with Crippen molar-refractivity contribution in [1.29, 1.82) is 0 Å². The molecule has 130 valence electrons. The quantitative estimate of drug-likeness (QED) is 0.782. The summed E-state index contributed by atoms with van der Waals surface area (Å²) in [5.41, 5.74) is 1.13. The first-order valence-electron chi connectivity index (χ1n) is 8.09. The molecule has 9 heteroatoms. The molecule has 2 aromatic rings. The van der Waals surface area contributed by atoms with Crippen LogP contribution in [0.2, 0.25) is 0 Å². The number of aryl methyl sites for hydroxylation is 2. The van der Waals surface area contributed by atoms with Crippen LogP contribution in [0.15, 0.2) is 10.5 Å². The van der Waals surface area contributed by atoms with Gasteiger partial charge >= 0.3 is 0 Å². The minimum Gasteiger partial charge on any atom is -0.339 e. The predicted molar refractivity (Wildman–Crippen MR) is 95.2 cm³/mol. The minimum atomic E-state index is 0.159. The zero-order chi connectivity index (χ0) is 16.9. The molecule has 1 aliphatic heterocycles. The third-order valence-corrected chi connectivity index (χ3v) is 5.60. The number of carbonyl (C=O) groups is 1. The lowest BCUT2D eigenvalue weighted by Gasteiger charge is -2.34. The second-order valence-electron chi connectivity index (χ2n) is 5.72. The standard InChI is InChI=1S/C15H22N6OS2/c1-3-13-17-15(19-18-13)24-10-14(22)21-6-4-20(5-7-21)8-12-9-23-11(2)16-12/h9H,3-8,10H2,1-2H3,(H,17,18,19). The van der Waals surface area contributed by atoms with E-state index >= 15 is 0 Å². The van der Waals surface area contributed by atoms with Crippen molar-refractivity contribution in [3.63, 3.8) is 0 Å². The summed E-state index contributed by atoms with van der Waals surface area (Å²) in [6, 6.07) is 0. The molecule has 7 nitrogen and oxygen atoms in total. The number of aromatic amines is 1. The molecule has 0 aromatic carbocycles. The Morgan fingerprint density at radius 1 is 1.33 bits per heavy atom. The lowest BCUT2D eigenvalue weighted by atomic mass is 10.3. The van der Waals surface area contributed by atoms with Crippen LogP contribution in [0.5, 0.6) is 0 Å². The fourth-order valence-corrected chi connectivity index (χ4v) is 3.91. The summed E-state index contributed by atoms with van der Waals surface area (Å²) in [6.45, 7) is 8.26. The zero-order valence-electron chi connectivity index (χ0n) is 14.0. The monoisotopic (exact) mass is 366 g/mol. The Morgan fingerprint density at radius 3 is 2.75 bits per heavy atom.